The Labute approximate surface area is 161 Å². The molecule has 154 valence electrons. The molecule has 0 aliphatic carbocycles. The Morgan fingerprint density at radius 3 is 1.52 bits per heavy atom. The fraction of sp³-hybridized carbons (Fsp3) is 0.600. The first-order valence-corrected chi connectivity index (χ1v) is 9.35. The highest BCUT2D eigenvalue weighted by Gasteiger charge is 2.18. The van der Waals surface area contributed by atoms with E-state index >= 15 is 0 Å². The molecule has 2 N–H and O–H groups in total. The van der Waals surface area contributed by atoms with E-state index < -0.39 is 11.9 Å². The van der Waals surface area contributed by atoms with Crippen LogP contribution in [0.4, 0.5) is 0 Å². The van der Waals surface area contributed by atoms with Gasteiger partial charge in [0.15, 0.2) is 0 Å². The van der Waals surface area contributed by atoms with Gasteiger partial charge in [-0.2, -0.15) is 0 Å². The summed E-state index contributed by atoms with van der Waals surface area (Å²) in [5.41, 5.74) is 0.537. The number of hydrogen-bond acceptors (Lipinski definition) is 7. The first-order chi connectivity index (χ1) is 13.1. The monoisotopic (exact) mass is 384 g/mol. The van der Waals surface area contributed by atoms with Gasteiger partial charge in [-0.1, -0.05) is 38.8 Å². The van der Waals surface area contributed by atoms with Gasteiger partial charge < -0.3 is 24.4 Å². The van der Waals surface area contributed by atoms with E-state index in [0.717, 1.165) is 25.7 Å². The predicted molar refractivity (Wildman–Crippen MR) is 102 cm³/mol. The number of rotatable bonds is 12. The first kappa shape index (κ1) is 25.0. The van der Waals surface area contributed by atoms with Gasteiger partial charge in [-0.15, -0.1) is 0 Å². The molecule has 0 heterocycles. The van der Waals surface area contributed by atoms with E-state index in [4.69, 9.17) is 19.7 Å². The van der Waals surface area contributed by atoms with Crippen molar-refractivity contribution < 1.29 is 34.0 Å². The van der Waals surface area contributed by atoms with Crippen molar-refractivity contribution in [1.29, 1.82) is 0 Å². The van der Waals surface area contributed by atoms with Crippen LogP contribution in [0.25, 0.3) is 0 Å². The summed E-state index contributed by atoms with van der Waals surface area (Å²) in [6.07, 6.45) is 3.53. The Morgan fingerprint density at radius 2 is 1.19 bits per heavy atom. The number of esters is 2. The van der Waals surface area contributed by atoms with E-state index in [1.807, 2.05) is 13.8 Å². The molecule has 1 aromatic rings. The molecule has 1 aromatic carbocycles. The van der Waals surface area contributed by atoms with Crippen LogP contribution in [0.5, 0.6) is 0 Å². The number of carbonyl (C=O) groups excluding carboxylic acids is 2. The van der Waals surface area contributed by atoms with Crippen LogP contribution in [0.3, 0.4) is 0 Å². The molecule has 0 saturated carbocycles. The van der Waals surface area contributed by atoms with E-state index in [0.29, 0.717) is 26.4 Å². The molecule has 0 radical (unpaired) electrons. The number of hydrogen-bond donors (Lipinski definition) is 2. The molecular weight excluding hydrogens is 352 g/mol. The average Bonchev–Trinajstić information content (AvgIpc) is 2.69. The average molecular weight is 384 g/mol. The molecular formula is C20H32O7. The Bertz CT molecular complexity index is 472. The fourth-order valence-electron chi connectivity index (χ4n) is 1.84. The highest BCUT2D eigenvalue weighted by atomic mass is 16.5. The van der Waals surface area contributed by atoms with Crippen LogP contribution in [0, 0.1) is 0 Å². The Morgan fingerprint density at radius 1 is 0.778 bits per heavy atom. The molecule has 0 bridgehead atoms. The van der Waals surface area contributed by atoms with Gasteiger partial charge in [0, 0.05) is 0 Å². The number of benzene rings is 1. The molecule has 0 spiro atoms. The number of ether oxygens (including phenoxy) is 3. The molecule has 0 aliphatic rings. The van der Waals surface area contributed by atoms with Crippen molar-refractivity contribution in [2.24, 2.45) is 0 Å². The van der Waals surface area contributed by atoms with Crippen LogP contribution in [0.1, 0.15) is 60.2 Å². The molecule has 0 aliphatic heterocycles. The molecule has 0 saturated heterocycles. The van der Waals surface area contributed by atoms with Gasteiger partial charge in [-0.05, 0) is 25.0 Å². The molecule has 7 heteroatoms. The third kappa shape index (κ3) is 12.1. The quantitative estimate of drug-likeness (QED) is 0.422. The van der Waals surface area contributed by atoms with Crippen LogP contribution in [0.15, 0.2) is 24.3 Å². The second-order valence-corrected chi connectivity index (χ2v) is 5.58. The third-order valence-corrected chi connectivity index (χ3v) is 3.30. The molecule has 0 atom stereocenters. The maximum Gasteiger partial charge on any atom is 0.339 e. The Hall–Kier alpha value is -1.96. The van der Waals surface area contributed by atoms with Crippen molar-refractivity contribution >= 4 is 11.9 Å². The van der Waals surface area contributed by atoms with Gasteiger partial charge >= 0.3 is 11.9 Å². The zero-order chi connectivity index (χ0) is 20.3. The molecule has 7 nitrogen and oxygen atoms in total. The van der Waals surface area contributed by atoms with Gasteiger partial charge in [0.2, 0.25) is 0 Å². The first-order valence-electron chi connectivity index (χ1n) is 9.35. The fourth-order valence-corrected chi connectivity index (χ4v) is 1.84. The normalized spacial score (nSPS) is 9.93. The van der Waals surface area contributed by atoms with Crippen LogP contribution < -0.4 is 0 Å². The number of aliphatic hydroxyl groups excluding tert-OH is 2. The Balaban J connectivity index is 0.000000821. The van der Waals surface area contributed by atoms with Gasteiger partial charge in [0.25, 0.3) is 0 Å². The van der Waals surface area contributed by atoms with Crippen LogP contribution in [0.2, 0.25) is 0 Å². The summed E-state index contributed by atoms with van der Waals surface area (Å²) in [5.74, 6) is -0.942. The molecule has 0 aromatic heterocycles. The summed E-state index contributed by atoms with van der Waals surface area (Å²) in [6.45, 7) is 5.48. The Kier molecular flexibility index (Phi) is 16.2. The SMILES string of the molecule is CCCCOC(=O)c1ccccc1C(=O)OCCCC.OCCOCCO. The minimum absolute atomic E-state index is 0.0278. The highest BCUT2D eigenvalue weighted by Crippen LogP contribution is 2.12. The van der Waals surface area contributed by atoms with Gasteiger partial charge in [-0.3, -0.25) is 0 Å². The maximum absolute atomic E-state index is 11.9. The summed E-state index contributed by atoms with van der Waals surface area (Å²) in [4.78, 5) is 23.9. The lowest BCUT2D eigenvalue weighted by Gasteiger charge is -2.09. The summed E-state index contributed by atoms with van der Waals surface area (Å²) in [7, 11) is 0. The van der Waals surface area contributed by atoms with E-state index in [-0.39, 0.29) is 24.3 Å². The number of carbonyl (C=O) groups is 2. The third-order valence-electron chi connectivity index (χ3n) is 3.30. The van der Waals surface area contributed by atoms with E-state index in [9.17, 15) is 9.59 Å². The van der Waals surface area contributed by atoms with Crippen molar-refractivity contribution in [2.75, 3.05) is 39.6 Å². The van der Waals surface area contributed by atoms with Gasteiger partial charge in [0.1, 0.15) is 0 Å². The second-order valence-electron chi connectivity index (χ2n) is 5.58. The second kappa shape index (κ2) is 17.5. The smallest absolute Gasteiger partial charge is 0.339 e. The predicted octanol–water partition coefficient (Wildman–Crippen LogP) is 2.59. The lowest BCUT2D eigenvalue weighted by atomic mass is 10.1. The topological polar surface area (TPSA) is 102 Å². The molecule has 27 heavy (non-hydrogen) atoms. The minimum atomic E-state index is -0.471. The molecule has 0 amide bonds. The van der Waals surface area contributed by atoms with Crippen LogP contribution in [-0.4, -0.2) is 61.8 Å². The van der Waals surface area contributed by atoms with E-state index in [1.165, 1.54) is 0 Å². The zero-order valence-corrected chi connectivity index (χ0v) is 16.3. The van der Waals surface area contributed by atoms with Crippen molar-refractivity contribution in [3.63, 3.8) is 0 Å². The molecule has 0 fully saturated rings. The summed E-state index contributed by atoms with van der Waals surface area (Å²) in [6, 6.07) is 6.59. The lowest BCUT2D eigenvalue weighted by molar-refractivity contribution is 0.0452. The minimum Gasteiger partial charge on any atom is -0.462 e. The van der Waals surface area contributed by atoms with Crippen molar-refractivity contribution in [3.05, 3.63) is 35.4 Å². The van der Waals surface area contributed by atoms with Crippen LogP contribution in [-0.2, 0) is 14.2 Å². The summed E-state index contributed by atoms with van der Waals surface area (Å²) >= 11 is 0. The highest BCUT2D eigenvalue weighted by molar-refractivity contribution is 6.03. The lowest BCUT2D eigenvalue weighted by Crippen LogP contribution is -2.14. The largest absolute Gasteiger partial charge is 0.462 e. The molecule has 1 rings (SSSR count). The maximum atomic E-state index is 11.9. The van der Waals surface area contributed by atoms with E-state index in [1.54, 1.807) is 24.3 Å². The van der Waals surface area contributed by atoms with Crippen molar-refractivity contribution in [2.45, 2.75) is 39.5 Å². The summed E-state index contributed by atoms with van der Waals surface area (Å²) < 4.78 is 14.9. The van der Waals surface area contributed by atoms with Gasteiger partial charge in [0.05, 0.1) is 50.8 Å². The van der Waals surface area contributed by atoms with Crippen LogP contribution >= 0.6 is 0 Å². The van der Waals surface area contributed by atoms with Crippen molar-refractivity contribution in [3.8, 4) is 0 Å². The summed E-state index contributed by atoms with van der Waals surface area (Å²) in [5, 5.41) is 16.2. The standard InChI is InChI=1S/C16H22O4.C4H10O3/c1-3-5-11-19-15(17)13-9-7-8-10-14(13)16(18)20-12-6-4-2;5-1-3-7-4-2-6/h7-10H,3-6,11-12H2,1-2H3;5-6H,1-4H2. The molecule has 0 unspecified atom stereocenters. The van der Waals surface area contributed by atoms with E-state index in [2.05, 4.69) is 4.74 Å². The number of aliphatic hydroxyl groups is 2. The number of unbranched alkanes of at least 4 members (excludes halogenated alkanes) is 2. The van der Waals surface area contributed by atoms with Gasteiger partial charge in [-0.25, -0.2) is 9.59 Å². The van der Waals surface area contributed by atoms with Crippen molar-refractivity contribution in [1.82, 2.24) is 0 Å². The zero-order valence-electron chi connectivity index (χ0n) is 16.3.